The summed E-state index contributed by atoms with van der Waals surface area (Å²) in [5.41, 5.74) is 2.96. The fourth-order valence-electron chi connectivity index (χ4n) is 2.89. The van der Waals surface area contributed by atoms with Gasteiger partial charge in [0, 0.05) is 0 Å². The van der Waals surface area contributed by atoms with Crippen molar-refractivity contribution in [1.29, 1.82) is 0 Å². The first kappa shape index (κ1) is 16.2. The molecule has 126 valence electrons. The van der Waals surface area contributed by atoms with Gasteiger partial charge in [-0.15, -0.1) is 0 Å². The average molecular weight is 326 g/mol. The predicted octanol–water partition coefficient (Wildman–Crippen LogP) is 3.68. The summed E-state index contributed by atoms with van der Waals surface area (Å²) in [6.45, 7) is 7.76. The minimum atomic E-state index is -0.196. The number of imidazole rings is 1. The number of carbonyl (C=O) groups is 1. The van der Waals surface area contributed by atoms with Crippen LogP contribution in [0.2, 0.25) is 0 Å². The molecule has 24 heavy (non-hydrogen) atoms. The second kappa shape index (κ2) is 6.47. The summed E-state index contributed by atoms with van der Waals surface area (Å²) in [5.74, 6) is 1.52. The number of aromatic nitrogens is 3. The molecule has 0 radical (unpaired) electrons. The molecule has 1 aromatic carbocycles. The summed E-state index contributed by atoms with van der Waals surface area (Å²) in [5, 5.41) is 6.93. The number of carbonyl (C=O) groups excluding carboxylic acids is 1. The van der Waals surface area contributed by atoms with Crippen LogP contribution in [0.5, 0.6) is 0 Å². The van der Waals surface area contributed by atoms with Crippen LogP contribution in [0.15, 0.2) is 28.8 Å². The summed E-state index contributed by atoms with van der Waals surface area (Å²) in [6, 6.07) is 7.65. The molecular weight excluding hydrogens is 304 g/mol. The van der Waals surface area contributed by atoms with Gasteiger partial charge in [-0.3, -0.25) is 4.79 Å². The van der Waals surface area contributed by atoms with Gasteiger partial charge in [0.25, 0.3) is 5.91 Å². The van der Waals surface area contributed by atoms with Crippen LogP contribution in [0, 0.1) is 19.8 Å². The lowest BCUT2D eigenvalue weighted by molar-refractivity contribution is 0.0928. The van der Waals surface area contributed by atoms with E-state index in [0.717, 1.165) is 23.3 Å². The smallest absolute Gasteiger partial charge is 0.257 e. The van der Waals surface area contributed by atoms with Crippen molar-refractivity contribution in [3.8, 4) is 0 Å². The molecule has 1 amide bonds. The van der Waals surface area contributed by atoms with Crippen molar-refractivity contribution in [2.24, 2.45) is 5.92 Å². The number of nitrogens with one attached hydrogen (secondary N) is 2. The van der Waals surface area contributed by atoms with Crippen LogP contribution in [0.3, 0.4) is 0 Å². The topological polar surface area (TPSA) is 83.8 Å². The number of rotatable bonds is 5. The van der Waals surface area contributed by atoms with Gasteiger partial charge in [-0.05, 0) is 38.3 Å². The summed E-state index contributed by atoms with van der Waals surface area (Å²) in [6.07, 6.45) is 0.787. The zero-order valence-electron chi connectivity index (χ0n) is 14.4. The number of hydrogen-bond donors (Lipinski definition) is 2. The molecule has 2 aromatic heterocycles. The van der Waals surface area contributed by atoms with Crippen molar-refractivity contribution in [2.45, 2.75) is 40.2 Å². The molecule has 0 unspecified atom stereocenters. The van der Waals surface area contributed by atoms with E-state index in [9.17, 15) is 4.79 Å². The van der Waals surface area contributed by atoms with Gasteiger partial charge in [0.05, 0.1) is 22.8 Å². The number of fused-ring (bicyclic) bond motifs is 1. The van der Waals surface area contributed by atoms with E-state index in [2.05, 4.69) is 34.3 Å². The van der Waals surface area contributed by atoms with Gasteiger partial charge in [0.2, 0.25) is 0 Å². The lowest BCUT2D eigenvalue weighted by Gasteiger charge is -2.18. The molecule has 0 saturated heterocycles. The van der Waals surface area contributed by atoms with E-state index in [0.29, 0.717) is 22.9 Å². The van der Waals surface area contributed by atoms with Gasteiger partial charge in [-0.2, -0.15) is 0 Å². The highest BCUT2D eigenvalue weighted by Crippen LogP contribution is 2.23. The number of hydrogen-bond acceptors (Lipinski definition) is 4. The van der Waals surface area contributed by atoms with Crippen molar-refractivity contribution in [3.05, 3.63) is 47.1 Å². The zero-order chi connectivity index (χ0) is 17.3. The van der Waals surface area contributed by atoms with E-state index < -0.39 is 0 Å². The Morgan fingerprint density at radius 1 is 1.29 bits per heavy atom. The van der Waals surface area contributed by atoms with Crippen molar-refractivity contribution in [3.63, 3.8) is 0 Å². The van der Waals surface area contributed by atoms with E-state index in [-0.39, 0.29) is 11.9 Å². The highest BCUT2D eigenvalue weighted by atomic mass is 16.5. The predicted molar refractivity (Wildman–Crippen MR) is 91.7 cm³/mol. The Labute approximate surface area is 140 Å². The van der Waals surface area contributed by atoms with Gasteiger partial charge < -0.3 is 14.8 Å². The Hall–Kier alpha value is -2.63. The molecule has 3 aromatic rings. The number of aromatic amines is 1. The normalized spacial score (nSPS) is 12.7. The minimum absolute atomic E-state index is 0.183. The highest BCUT2D eigenvalue weighted by Gasteiger charge is 2.24. The number of aryl methyl sites for hydroxylation is 2. The second-order valence-electron chi connectivity index (χ2n) is 6.49. The first-order valence-electron chi connectivity index (χ1n) is 8.14. The monoisotopic (exact) mass is 326 g/mol. The van der Waals surface area contributed by atoms with Gasteiger partial charge in [0.15, 0.2) is 0 Å². The largest absolute Gasteiger partial charge is 0.361 e. The average Bonchev–Trinajstić information content (AvgIpc) is 3.09. The van der Waals surface area contributed by atoms with Gasteiger partial charge in [-0.1, -0.05) is 31.1 Å². The molecular formula is C18H22N4O2. The first-order valence-corrected chi connectivity index (χ1v) is 8.14. The fourth-order valence-corrected chi connectivity index (χ4v) is 2.89. The summed E-state index contributed by atoms with van der Waals surface area (Å²) in [4.78, 5) is 20.6. The van der Waals surface area contributed by atoms with Gasteiger partial charge >= 0.3 is 0 Å². The van der Waals surface area contributed by atoms with E-state index >= 15 is 0 Å². The molecule has 0 aliphatic rings. The Kier molecular flexibility index (Phi) is 4.38. The minimum Gasteiger partial charge on any atom is -0.361 e. The number of benzene rings is 1. The molecule has 2 N–H and O–H groups in total. The third-order valence-corrected chi connectivity index (χ3v) is 4.01. The summed E-state index contributed by atoms with van der Waals surface area (Å²) < 4.78 is 5.10. The number of H-pyrrole nitrogens is 1. The third-order valence-electron chi connectivity index (χ3n) is 4.01. The highest BCUT2D eigenvalue weighted by molar-refractivity contribution is 5.96. The maximum atomic E-state index is 12.7. The van der Waals surface area contributed by atoms with Crippen LogP contribution in [0.4, 0.5) is 0 Å². The quantitative estimate of drug-likeness (QED) is 0.749. The van der Waals surface area contributed by atoms with Gasteiger partial charge in [-0.25, -0.2) is 4.98 Å². The van der Waals surface area contributed by atoms with E-state index in [1.54, 1.807) is 13.8 Å². The Morgan fingerprint density at radius 3 is 2.67 bits per heavy atom. The van der Waals surface area contributed by atoms with Crippen molar-refractivity contribution >= 4 is 16.9 Å². The molecule has 0 spiro atoms. The van der Waals surface area contributed by atoms with E-state index in [1.165, 1.54) is 0 Å². The van der Waals surface area contributed by atoms with E-state index in [4.69, 9.17) is 4.52 Å². The van der Waals surface area contributed by atoms with Gasteiger partial charge in [0.1, 0.15) is 17.1 Å². The SMILES string of the molecule is Cc1noc(C)c1C(=O)N[C@@H](CC(C)C)c1nc2ccccc2[nH]1. The molecule has 3 rings (SSSR count). The molecule has 0 fully saturated rings. The third kappa shape index (κ3) is 3.18. The molecule has 6 nitrogen and oxygen atoms in total. The molecule has 2 heterocycles. The molecule has 0 saturated carbocycles. The molecule has 6 heteroatoms. The molecule has 0 aliphatic carbocycles. The Bertz CT molecular complexity index is 810. The number of para-hydroxylation sites is 2. The molecule has 0 aliphatic heterocycles. The van der Waals surface area contributed by atoms with Crippen LogP contribution in [-0.2, 0) is 0 Å². The first-order chi connectivity index (χ1) is 11.5. The van der Waals surface area contributed by atoms with Crippen LogP contribution < -0.4 is 5.32 Å². The van der Waals surface area contributed by atoms with Crippen LogP contribution >= 0.6 is 0 Å². The molecule has 0 bridgehead atoms. The molecule has 1 atom stereocenters. The fraction of sp³-hybridized carbons (Fsp3) is 0.389. The lowest BCUT2D eigenvalue weighted by Crippen LogP contribution is -2.31. The zero-order valence-corrected chi connectivity index (χ0v) is 14.4. The Morgan fingerprint density at radius 2 is 2.04 bits per heavy atom. The number of amides is 1. The van der Waals surface area contributed by atoms with E-state index in [1.807, 2.05) is 24.3 Å². The Balaban J connectivity index is 1.90. The number of nitrogens with zero attached hydrogens (tertiary/aromatic N) is 2. The van der Waals surface area contributed by atoms with Crippen molar-refractivity contribution in [1.82, 2.24) is 20.4 Å². The second-order valence-corrected chi connectivity index (χ2v) is 6.49. The summed E-state index contributed by atoms with van der Waals surface area (Å²) >= 11 is 0. The maximum absolute atomic E-state index is 12.7. The standard InChI is InChI=1S/C18H22N4O2/c1-10(2)9-15(17-19-13-7-5-6-8-14(13)20-17)21-18(23)16-11(3)22-24-12(16)4/h5-8,10,15H,9H2,1-4H3,(H,19,20)(H,21,23)/t15-/m0/s1. The van der Waals surface area contributed by atoms with Crippen LogP contribution in [-0.4, -0.2) is 21.0 Å². The van der Waals surface area contributed by atoms with Crippen LogP contribution in [0.25, 0.3) is 11.0 Å². The maximum Gasteiger partial charge on any atom is 0.257 e. The lowest BCUT2D eigenvalue weighted by atomic mass is 10.0. The summed E-state index contributed by atoms with van der Waals surface area (Å²) in [7, 11) is 0. The van der Waals surface area contributed by atoms with Crippen molar-refractivity contribution in [2.75, 3.05) is 0 Å². The van der Waals surface area contributed by atoms with Crippen LogP contribution in [0.1, 0.15) is 53.9 Å². The van der Waals surface area contributed by atoms with Crippen molar-refractivity contribution < 1.29 is 9.32 Å².